The molecule has 21 heavy (non-hydrogen) atoms. The highest BCUT2D eigenvalue weighted by Gasteiger charge is 2.34. The normalized spacial score (nSPS) is 17.9. The number of rotatable bonds is 4. The zero-order valence-electron chi connectivity index (χ0n) is 12.4. The van der Waals surface area contributed by atoms with Gasteiger partial charge in [0.15, 0.2) is 0 Å². The Morgan fingerprint density at radius 2 is 2.05 bits per heavy atom. The van der Waals surface area contributed by atoms with Gasteiger partial charge in [0, 0.05) is 26.2 Å². The molecular weight excluding hydrogens is 270 g/mol. The Balaban J connectivity index is 2.04. The third-order valence-electron chi connectivity index (χ3n) is 3.43. The number of carbonyl (C=O) groups is 3. The highest BCUT2D eigenvalue weighted by Crippen LogP contribution is 2.11. The number of benzene rings is 1. The van der Waals surface area contributed by atoms with Gasteiger partial charge in [-0.1, -0.05) is 12.1 Å². The standard InChI is InChI=1S/C15H19N3O3/c1-10-13(19)18(15(21)16-10)8-7-11-5-4-6-12(9-11)14(20)17(2)3/h4-6,9-10H,7-8H2,1-3H3,(H,16,21). The lowest BCUT2D eigenvalue weighted by molar-refractivity contribution is -0.127. The Morgan fingerprint density at radius 3 is 2.62 bits per heavy atom. The van der Waals surface area contributed by atoms with Crippen molar-refractivity contribution < 1.29 is 14.4 Å². The number of urea groups is 1. The van der Waals surface area contributed by atoms with Crippen LogP contribution in [0.1, 0.15) is 22.8 Å². The van der Waals surface area contributed by atoms with Gasteiger partial charge < -0.3 is 10.2 Å². The molecule has 0 spiro atoms. The van der Waals surface area contributed by atoms with Crippen LogP contribution >= 0.6 is 0 Å². The van der Waals surface area contributed by atoms with Gasteiger partial charge in [0.25, 0.3) is 11.8 Å². The molecule has 0 bridgehead atoms. The lowest BCUT2D eigenvalue weighted by Gasteiger charge is -2.14. The summed E-state index contributed by atoms with van der Waals surface area (Å²) in [6.45, 7) is 1.98. The number of hydrogen-bond acceptors (Lipinski definition) is 3. The monoisotopic (exact) mass is 289 g/mol. The first-order chi connectivity index (χ1) is 9.90. The van der Waals surface area contributed by atoms with Crippen LogP contribution in [0.25, 0.3) is 0 Å². The van der Waals surface area contributed by atoms with Crippen LogP contribution in [0.2, 0.25) is 0 Å². The van der Waals surface area contributed by atoms with Gasteiger partial charge in [-0.05, 0) is 31.0 Å². The topological polar surface area (TPSA) is 69.7 Å². The van der Waals surface area contributed by atoms with Gasteiger partial charge in [0.1, 0.15) is 6.04 Å². The molecule has 2 rings (SSSR count). The molecule has 6 heteroatoms. The van der Waals surface area contributed by atoms with E-state index < -0.39 is 6.04 Å². The van der Waals surface area contributed by atoms with E-state index in [1.54, 1.807) is 39.2 Å². The maximum Gasteiger partial charge on any atom is 0.324 e. The van der Waals surface area contributed by atoms with E-state index in [0.29, 0.717) is 18.5 Å². The van der Waals surface area contributed by atoms with Crippen LogP contribution in [-0.4, -0.2) is 54.3 Å². The SMILES string of the molecule is CC1NC(=O)N(CCc2cccc(C(=O)N(C)C)c2)C1=O. The van der Waals surface area contributed by atoms with E-state index in [4.69, 9.17) is 0 Å². The van der Waals surface area contributed by atoms with Crippen molar-refractivity contribution >= 4 is 17.8 Å². The van der Waals surface area contributed by atoms with E-state index in [-0.39, 0.29) is 17.8 Å². The molecule has 1 aromatic carbocycles. The Kier molecular flexibility index (Phi) is 4.26. The van der Waals surface area contributed by atoms with Crippen molar-refractivity contribution in [2.75, 3.05) is 20.6 Å². The van der Waals surface area contributed by atoms with E-state index in [1.807, 2.05) is 6.07 Å². The second kappa shape index (κ2) is 5.95. The van der Waals surface area contributed by atoms with E-state index in [0.717, 1.165) is 5.56 Å². The first-order valence-electron chi connectivity index (χ1n) is 6.82. The molecule has 6 nitrogen and oxygen atoms in total. The van der Waals surface area contributed by atoms with Gasteiger partial charge in [0.2, 0.25) is 0 Å². The van der Waals surface area contributed by atoms with Gasteiger partial charge in [-0.2, -0.15) is 0 Å². The molecule has 1 fully saturated rings. The summed E-state index contributed by atoms with van der Waals surface area (Å²) in [5.74, 6) is -0.277. The number of amides is 4. The van der Waals surface area contributed by atoms with E-state index in [2.05, 4.69) is 5.32 Å². The molecule has 0 radical (unpaired) electrons. The second-order valence-corrected chi connectivity index (χ2v) is 5.31. The van der Waals surface area contributed by atoms with E-state index >= 15 is 0 Å². The molecule has 0 saturated carbocycles. The van der Waals surface area contributed by atoms with Crippen LogP contribution in [0, 0.1) is 0 Å². The molecule has 0 aliphatic carbocycles. The Labute approximate surface area is 123 Å². The highest BCUT2D eigenvalue weighted by atomic mass is 16.2. The van der Waals surface area contributed by atoms with Crippen molar-refractivity contribution in [1.29, 1.82) is 0 Å². The van der Waals surface area contributed by atoms with Gasteiger partial charge in [0.05, 0.1) is 0 Å². The lowest BCUT2D eigenvalue weighted by atomic mass is 10.1. The summed E-state index contributed by atoms with van der Waals surface area (Å²) in [5, 5.41) is 2.57. The average molecular weight is 289 g/mol. The number of imide groups is 1. The maximum absolute atomic E-state index is 11.9. The number of carbonyl (C=O) groups excluding carboxylic acids is 3. The fourth-order valence-corrected chi connectivity index (χ4v) is 2.23. The first kappa shape index (κ1) is 15.0. The van der Waals surface area contributed by atoms with Crippen molar-refractivity contribution in [3.05, 3.63) is 35.4 Å². The van der Waals surface area contributed by atoms with Crippen molar-refractivity contribution in [3.63, 3.8) is 0 Å². The molecule has 0 aromatic heterocycles. The van der Waals surface area contributed by atoms with Crippen molar-refractivity contribution in [2.24, 2.45) is 0 Å². The lowest BCUT2D eigenvalue weighted by Crippen LogP contribution is -2.33. The Bertz CT molecular complexity index is 583. The Morgan fingerprint density at radius 1 is 1.33 bits per heavy atom. The number of nitrogens with zero attached hydrogens (tertiary/aromatic N) is 2. The third kappa shape index (κ3) is 3.21. The molecule has 1 aliphatic rings. The quantitative estimate of drug-likeness (QED) is 0.836. The summed E-state index contributed by atoms with van der Waals surface area (Å²) in [7, 11) is 3.40. The summed E-state index contributed by atoms with van der Waals surface area (Å²) in [5.41, 5.74) is 1.52. The predicted octanol–water partition coefficient (Wildman–Crippen LogP) is 0.871. The number of hydrogen-bond donors (Lipinski definition) is 1. The van der Waals surface area contributed by atoms with Crippen LogP contribution in [0.4, 0.5) is 4.79 Å². The molecule has 1 heterocycles. The molecule has 1 saturated heterocycles. The minimum atomic E-state index is -0.459. The highest BCUT2D eigenvalue weighted by molar-refractivity contribution is 6.03. The first-order valence-corrected chi connectivity index (χ1v) is 6.82. The molecule has 1 aromatic rings. The summed E-state index contributed by atoms with van der Waals surface area (Å²) in [6.07, 6.45) is 0.528. The van der Waals surface area contributed by atoms with Crippen LogP contribution in [0.5, 0.6) is 0 Å². The minimum absolute atomic E-state index is 0.0690. The molecule has 1 aliphatic heterocycles. The molecular formula is C15H19N3O3. The van der Waals surface area contributed by atoms with Crippen molar-refractivity contribution in [1.82, 2.24) is 15.1 Å². The second-order valence-electron chi connectivity index (χ2n) is 5.31. The van der Waals surface area contributed by atoms with Gasteiger partial charge in [-0.3, -0.25) is 14.5 Å². The fourth-order valence-electron chi connectivity index (χ4n) is 2.23. The van der Waals surface area contributed by atoms with E-state index in [9.17, 15) is 14.4 Å². The minimum Gasteiger partial charge on any atom is -0.345 e. The zero-order valence-corrected chi connectivity index (χ0v) is 12.4. The summed E-state index contributed by atoms with van der Waals surface area (Å²) in [4.78, 5) is 38.0. The smallest absolute Gasteiger partial charge is 0.324 e. The fraction of sp³-hybridized carbons (Fsp3) is 0.400. The number of nitrogens with one attached hydrogen (secondary N) is 1. The predicted molar refractivity (Wildman–Crippen MR) is 77.9 cm³/mol. The van der Waals surface area contributed by atoms with Crippen molar-refractivity contribution in [3.8, 4) is 0 Å². The summed E-state index contributed by atoms with van der Waals surface area (Å²) < 4.78 is 0. The summed E-state index contributed by atoms with van der Waals surface area (Å²) in [6, 6.07) is 6.42. The maximum atomic E-state index is 11.9. The third-order valence-corrected chi connectivity index (χ3v) is 3.43. The Hall–Kier alpha value is -2.37. The van der Waals surface area contributed by atoms with Crippen LogP contribution in [0.3, 0.4) is 0 Å². The van der Waals surface area contributed by atoms with Gasteiger partial charge in [-0.15, -0.1) is 0 Å². The summed E-state index contributed by atoms with van der Waals surface area (Å²) >= 11 is 0. The van der Waals surface area contributed by atoms with Crippen LogP contribution < -0.4 is 5.32 Å². The molecule has 112 valence electrons. The molecule has 1 unspecified atom stereocenters. The van der Waals surface area contributed by atoms with Crippen molar-refractivity contribution in [2.45, 2.75) is 19.4 Å². The van der Waals surface area contributed by atoms with E-state index in [1.165, 1.54) is 9.80 Å². The zero-order chi connectivity index (χ0) is 15.6. The van der Waals surface area contributed by atoms with Gasteiger partial charge in [-0.25, -0.2) is 4.79 Å². The largest absolute Gasteiger partial charge is 0.345 e. The average Bonchev–Trinajstić information content (AvgIpc) is 2.69. The molecule has 4 amide bonds. The molecule has 1 N–H and O–H groups in total. The van der Waals surface area contributed by atoms with Crippen LogP contribution in [0.15, 0.2) is 24.3 Å². The van der Waals surface area contributed by atoms with Gasteiger partial charge >= 0.3 is 6.03 Å². The molecule has 1 atom stereocenters. The van der Waals surface area contributed by atoms with Crippen LogP contribution in [-0.2, 0) is 11.2 Å².